The van der Waals surface area contributed by atoms with Gasteiger partial charge in [0.1, 0.15) is 12.6 Å². The molecule has 0 saturated carbocycles. The Morgan fingerprint density at radius 1 is 1.19 bits per heavy atom. The molecule has 0 spiro atoms. The van der Waals surface area contributed by atoms with Gasteiger partial charge in [0.2, 0.25) is 0 Å². The van der Waals surface area contributed by atoms with Crippen molar-refractivity contribution in [1.82, 2.24) is 14.6 Å². The Hall–Kier alpha value is -3.79. The number of nitrogens with one attached hydrogen (secondary N) is 2. The van der Waals surface area contributed by atoms with Gasteiger partial charge in [0.25, 0.3) is 0 Å². The minimum Gasteiger partial charge on any atom is -0.373 e. The smallest absolute Gasteiger partial charge is 0.373 e. The molecule has 136 valence electrons. The fourth-order valence-electron chi connectivity index (χ4n) is 2.40. The normalized spacial score (nSPS) is 11.0. The first kappa shape index (κ1) is 18.0. The molecule has 3 rings (SSSR count). The van der Waals surface area contributed by atoms with Crippen LogP contribution >= 0.6 is 0 Å². The Labute approximate surface area is 151 Å². The minimum absolute atomic E-state index is 0.0685. The zero-order chi connectivity index (χ0) is 19.6. The van der Waals surface area contributed by atoms with Gasteiger partial charge in [0.15, 0.2) is 17.2 Å². The Morgan fingerprint density at radius 2 is 1.96 bits per heavy atom. The van der Waals surface area contributed by atoms with Gasteiger partial charge in [-0.3, -0.25) is 0 Å². The molecule has 2 heterocycles. The number of aromatic nitrogens is 3. The number of aryl methyl sites for hydroxylation is 1. The molecule has 1 aromatic carbocycles. The van der Waals surface area contributed by atoms with Gasteiger partial charge in [0.05, 0.1) is 23.5 Å². The van der Waals surface area contributed by atoms with Crippen molar-refractivity contribution in [3.8, 4) is 12.1 Å². The second kappa shape index (κ2) is 6.84. The largest absolute Gasteiger partial charge is 0.405 e. The molecule has 2 aromatic heterocycles. The van der Waals surface area contributed by atoms with E-state index >= 15 is 0 Å². The van der Waals surface area contributed by atoms with E-state index in [4.69, 9.17) is 10.5 Å². The maximum atomic E-state index is 12.6. The van der Waals surface area contributed by atoms with Crippen molar-refractivity contribution in [2.24, 2.45) is 0 Å². The van der Waals surface area contributed by atoms with Crippen molar-refractivity contribution in [1.29, 1.82) is 10.5 Å². The van der Waals surface area contributed by atoms with E-state index in [0.29, 0.717) is 11.3 Å². The number of benzene rings is 1. The predicted octanol–water partition coefficient (Wildman–Crippen LogP) is 3.50. The van der Waals surface area contributed by atoms with E-state index in [1.165, 1.54) is 12.3 Å². The van der Waals surface area contributed by atoms with Crippen molar-refractivity contribution in [2.45, 2.75) is 13.1 Å². The first-order chi connectivity index (χ1) is 12.8. The summed E-state index contributed by atoms with van der Waals surface area (Å²) in [6.07, 6.45) is -3.19. The molecular formula is C17H12F3N7. The maximum Gasteiger partial charge on any atom is 0.405 e. The summed E-state index contributed by atoms with van der Waals surface area (Å²) in [5, 5.41) is 27.7. The zero-order valence-electron chi connectivity index (χ0n) is 14.0. The zero-order valence-corrected chi connectivity index (χ0v) is 14.0. The van der Waals surface area contributed by atoms with Crippen molar-refractivity contribution >= 4 is 22.8 Å². The number of anilines is 3. The average molecular weight is 371 g/mol. The van der Waals surface area contributed by atoms with Crippen LogP contribution in [0.15, 0.2) is 30.5 Å². The van der Waals surface area contributed by atoms with Crippen LogP contribution in [0.25, 0.3) is 5.65 Å². The van der Waals surface area contributed by atoms with Crippen LogP contribution in [0.2, 0.25) is 0 Å². The third-order valence-corrected chi connectivity index (χ3v) is 3.69. The summed E-state index contributed by atoms with van der Waals surface area (Å²) in [4.78, 5) is 3.95. The first-order valence-corrected chi connectivity index (χ1v) is 7.68. The molecule has 10 heteroatoms. The molecule has 0 fully saturated rings. The fraction of sp³-hybridized carbons (Fsp3) is 0.176. The van der Waals surface area contributed by atoms with Crippen LogP contribution in [0, 0.1) is 29.6 Å². The van der Waals surface area contributed by atoms with Gasteiger partial charge in [-0.25, -0.2) is 4.98 Å². The monoisotopic (exact) mass is 371 g/mol. The molecule has 3 aromatic rings. The lowest BCUT2D eigenvalue weighted by atomic mass is 10.1. The Kier molecular flexibility index (Phi) is 4.57. The molecule has 0 bridgehead atoms. The third-order valence-electron chi connectivity index (χ3n) is 3.69. The third kappa shape index (κ3) is 3.90. The van der Waals surface area contributed by atoms with E-state index in [0.717, 1.165) is 10.1 Å². The lowest BCUT2D eigenvalue weighted by Crippen LogP contribution is -2.22. The van der Waals surface area contributed by atoms with Gasteiger partial charge in [0, 0.05) is 11.8 Å². The molecule has 27 heavy (non-hydrogen) atoms. The number of halogens is 3. The second-order valence-electron chi connectivity index (χ2n) is 5.67. The molecule has 0 saturated heterocycles. The van der Waals surface area contributed by atoms with Crippen LogP contribution in [0.3, 0.4) is 0 Å². The van der Waals surface area contributed by atoms with E-state index < -0.39 is 12.7 Å². The summed E-state index contributed by atoms with van der Waals surface area (Å²) in [6.45, 7) is 0.528. The van der Waals surface area contributed by atoms with Gasteiger partial charge in [-0.1, -0.05) is 6.07 Å². The Bertz CT molecular complexity index is 1090. The highest BCUT2D eigenvalue weighted by Crippen LogP contribution is 2.25. The molecule has 2 N–H and O–H groups in total. The molecule has 0 amide bonds. The summed E-state index contributed by atoms with van der Waals surface area (Å²) in [5.74, 6) is 0.189. The number of rotatable bonds is 4. The fourth-order valence-corrected chi connectivity index (χ4v) is 2.40. The van der Waals surface area contributed by atoms with E-state index in [1.807, 2.05) is 6.07 Å². The Balaban J connectivity index is 2.02. The lowest BCUT2D eigenvalue weighted by Gasteiger charge is -2.13. The van der Waals surface area contributed by atoms with E-state index in [-0.39, 0.29) is 22.8 Å². The SMILES string of the molecule is Cc1ccc(Nc2cc(NCC(F)(F)F)c3ncc(C#N)n3n2)cc1C#N. The number of hydrogen-bond acceptors (Lipinski definition) is 6. The standard InChI is InChI=1S/C17H12F3N7/c1-10-2-3-12(4-11(10)6-21)25-15-5-14(24-9-17(18,19)20)16-23-8-13(7-22)27(16)26-15/h2-5,8,24H,9H2,1H3,(H,25,26). The summed E-state index contributed by atoms with van der Waals surface area (Å²) >= 11 is 0. The Morgan fingerprint density at radius 3 is 2.63 bits per heavy atom. The average Bonchev–Trinajstić information content (AvgIpc) is 3.03. The summed E-state index contributed by atoms with van der Waals surface area (Å²) < 4.78 is 38.9. The number of nitrogens with zero attached hydrogens (tertiary/aromatic N) is 5. The van der Waals surface area contributed by atoms with E-state index in [9.17, 15) is 13.2 Å². The van der Waals surface area contributed by atoms with Crippen LogP contribution in [0.1, 0.15) is 16.8 Å². The highest BCUT2D eigenvalue weighted by atomic mass is 19.4. The van der Waals surface area contributed by atoms with Gasteiger partial charge >= 0.3 is 6.18 Å². The molecule has 0 unspecified atom stereocenters. The van der Waals surface area contributed by atoms with Crippen LogP contribution in [-0.2, 0) is 0 Å². The van der Waals surface area contributed by atoms with Crippen molar-refractivity contribution < 1.29 is 13.2 Å². The molecule has 7 nitrogen and oxygen atoms in total. The van der Waals surface area contributed by atoms with Crippen LogP contribution in [-0.4, -0.2) is 27.3 Å². The van der Waals surface area contributed by atoms with Gasteiger partial charge in [-0.2, -0.15) is 28.2 Å². The molecule has 0 radical (unpaired) electrons. The van der Waals surface area contributed by atoms with Gasteiger partial charge in [-0.05, 0) is 24.6 Å². The summed E-state index contributed by atoms with van der Waals surface area (Å²) in [6, 6.07) is 10.4. The van der Waals surface area contributed by atoms with Crippen LogP contribution < -0.4 is 10.6 Å². The van der Waals surface area contributed by atoms with Gasteiger partial charge in [-0.15, -0.1) is 5.10 Å². The van der Waals surface area contributed by atoms with E-state index in [1.54, 1.807) is 25.1 Å². The van der Waals surface area contributed by atoms with Crippen LogP contribution in [0.4, 0.5) is 30.4 Å². The molecule has 0 aliphatic carbocycles. The van der Waals surface area contributed by atoms with Crippen LogP contribution in [0.5, 0.6) is 0 Å². The summed E-state index contributed by atoms with van der Waals surface area (Å²) in [7, 11) is 0. The first-order valence-electron chi connectivity index (χ1n) is 7.68. The van der Waals surface area contributed by atoms with Crippen molar-refractivity contribution in [2.75, 3.05) is 17.2 Å². The lowest BCUT2D eigenvalue weighted by molar-refractivity contribution is -0.115. The number of alkyl halides is 3. The number of imidazole rings is 1. The van der Waals surface area contributed by atoms with Gasteiger partial charge < -0.3 is 10.6 Å². The number of nitriles is 2. The maximum absolute atomic E-state index is 12.6. The topological polar surface area (TPSA) is 102 Å². The second-order valence-corrected chi connectivity index (χ2v) is 5.67. The highest BCUT2D eigenvalue weighted by Gasteiger charge is 2.27. The highest BCUT2D eigenvalue weighted by molar-refractivity contribution is 5.73. The van der Waals surface area contributed by atoms with Crippen molar-refractivity contribution in [3.63, 3.8) is 0 Å². The minimum atomic E-state index is -4.42. The summed E-state index contributed by atoms with van der Waals surface area (Å²) in [5.41, 5.74) is 2.02. The van der Waals surface area contributed by atoms with Crippen molar-refractivity contribution in [3.05, 3.63) is 47.3 Å². The predicted molar refractivity (Wildman–Crippen MR) is 91.4 cm³/mol. The molecular weight excluding hydrogens is 359 g/mol. The quantitative estimate of drug-likeness (QED) is 0.728. The van der Waals surface area contributed by atoms with E-state index in [2.05, 4.69) is 26.8 Å². The number of hydrogen-bond donors (Lipinski definition) is 2. The molecule has 0 aliphatic rings. The molecule has 0 aliphatic heterocycles. The number of fused-ring (bicyclic) bond motifs is 1. The molecule has 0 atom stereocenters.